The number of benzene rings is 11. The highest BCUT2D eigenvalue weighted by Crippen LogP contribution is 2.47. The topological polar surface area (TPSA) is 6.48 Å². The van der Waals surface area contributed by atoms with E-state index in [1.807, 2.05) is 0 Å². The molecule has 2 nitrogen and oxygen atoms in total. The van der Waals surface area contributed by atoms with E-state index in [1.165, 1.54) is 88.6 Å². The normalized spacial score (nSPS) is 11.9. The molecular weight excluding hydrogens is 785 g/mol. The first kappa shape index (κ1) is 38.2. The van der Waals surface area contributed by atoms with Crippen LogP contribution in [0.1, 0.15) is 11.1 Å². The number of anilines is 6. The summed E-state index contributed by atoms with van der Waals surface area (Å²) in [5, 5.41) is 4.99. The fourth-order valence-corrected chi connectivity index (χ4v) is 9.66. The first-order valence-electron chi connectivity index (χ1n) is 22.4. The van der Waals surface area contributed by atoms with Crippen LogP contribution in [0.3, 0.4) is 0 Å². The maximum absolute atomic E-state index is 2.46. The monoisotopic (exact) mass is 828 g/mol. The molecule has 11 aromatic carbocycles. The Morgan fingerprint density at radius 2 is 0.615 bits per heavy atom. The number of hydrogen-bond acceptors (Lipinski definition) is 2. The average Bonchev–Trinajstić information content (AvgIpc) is 3.38. The van der Waals surface area contributed by atoms with E-state index in [4.69, 9.17) is 0 Å². The lowest BCUT2D eigenvalue weighted by atomic mass is 9.89. The van der Waals surface area contributed by atoms with E-state index >= 15 is 0 Å². The lowest BCUT2D eigenvalue weighted by Crippen LogP contribution is -2.18. The van der Waals surface area contributed by atoms with Gasteiger partial charge in [0, 0.05) is 40.5 Å². The van der Waals surface area contributed by atoms with Crippen molar-refractivity contribution in [1.82, 2.24) is 0 Å². The summed E-state index contributed by atoms with van der Waals surface area (Å²) in [6.45, 7) is 0. The standard InChI is InChI=1S/C63H44N2/c1-3-11-44(12-4-1)48-21-30-58(31-22-48)64(59-32-23-49(24-33-59)45-13-5-2-6-14-45)60-34-25-50(26-35-60)53-28-37-62-56(40-53)42-57-41-55(54-20-19-46-15-7-9-17-51(46)39-54)29-38-63(57)65(62)61-36-27-47-16-8-10-18-52(47)43-61/h1-41,43H,42H2. The van der Waals surface area contributed by atoms with Crippen molar-refractivity contribution in [3.05, 3.63) is 266 Å². The van der Waals surface area contributed by atoms with Crippen LogP contribution in [-0.2, 0) is 6.42 Å². The molecule has 0 bridgehead atoms. The van der Waals surface area contributed by atoms with Crippen LogP contribution in [-0.4, -0.2) is 0 Å². The molecule has 0 aliphatic carbocycles. The van der Waals surface area contributed by atoms with Crippen LogP contribution in [0.4, 0.5) is 34.1 Å². The van der Waals surface area contributed by atoms with Gasteiger partial charge in [-0.1, -0.05) is 176 Å². The number of fused-ring (bicyclic) bond motifs is 4. The Morgan fingerprint density at radius 1 is 0.262 bits per heavy atom. The first-order valence-corrected chi connectivity index (χ1v) is 22.4. The summed E-state index contributed by atoms with van der Waals surface area (Å²) < 4.78 is 0. The summed E-state index contributed by atoms with van der Waals surface area (Å²) in [5.41, 5.74) is 19.2. The summed E-state index contributed by atoms with van der Waals surface area (Å²) in [6.07, 6.45) is 0.841. The third-order valence-electron chi connectivity index (χ3n) is 13.0. The van der Waals surface area contributed by atoms with Crippen LogP contribution in [0.25, 0.3) is 66.1 Å². The fourth-order valence-electron chi connectivity index (χ4n) is 9.66. The van der Waals surface area contributed by atoms with Crippen molar-refractivity contribution < 1.29 is 0 Å². The van der Waals surface area contributed by atoms with Crippen molar-refractivity contribution >= 4 is 55.7 Å². The van der Waals surface area contributed by atoms with E-state index in [1.54, 1.807) is 0 Å². The lowest BCUT2D eigenvalue weighted by Gasteiger charge is -2.34. The van der Waals surface area contributed by atoms with Crippen LogP contribution in [0.15, 0.2) is 255 Å². The third-order valence-corrected chi connectivity index (χ3v) is 13.0. The zero-order valence-corrected chi connectivity index (χ0v) is 35.9. The zero-order chi connectivity index (χ0) is 43.1. The summed E-state index contributed by atoms with van der Waals surface area (Å²) in [4.78, 5) is 4.81. The largest absolute Gasteiger partial charge is 0.311 e. The smallest absolute Gasteiger partial charge is 0.0497 e. The maximum Gasteiger partial charge on any atom is 0.0497 e. The van der Waals surface area contributed by atoms with E-state index in [2.05, 4.69) is 265 Å². The molecule has 0 saturated heterocycles. The molecule has 0 unspecified atom stereocenters. The van der Waals surface area contributed by atoms with Crippen LogP contribution in [0, 0.1) is 0 Å². The fraction of sp³-hybridized carbons (Fsp3) is 0.0159. The van der Waals surface area contributed by atoms with Gasteiger partial charge in [-0.2, -0.15) is 0 Å². The van der Waals surface area contributed by atoms with Crippen molar-refractivity contribution in [3.8, 4) is 44.5 Å². The van der Waals surface area contributed by atoms with Gasteiger partial charge in [-0.25, -0.2) is 0 Å². The minimum atomic E-state index is 0.841. The molecule has 0 amide bonds. The van der Waals surface area contributed by atoms with Gasteiger partial charge in [0.25, 0.3) is 0 Å². The molecule has 0 aromatic heterocycles. The van der Waals surface area contributed by atoms with Gasteiger partial charge in [0.05, 0.1) is 0 Å². The molecule has 0 spiro atoms. The Labute approximate surface area is 380 Å². The number of rotatable bonds is 8. The van der Waals surface area contributed by atoms with Gasteiger partial charge < -0.3 is 9.80 Å². The Kier molecular flexibility index (Phi) is 9.61. The quantitative estimate of drug-likeness (QED) is 0.151. The minimum Gasteiger partial charge on any atom is -0.311 e. The second-order valence-electron chi connectivity index (χ2n) is 17.0. The summed E-state index contributed by atoms with van der Waals surface area (Å²) >= 11 is 0. The molecule has 1 aliphatic rings. The van der Waals surface area contributed by atoms with Gasteiger partial charge in [-0.15, -0.1) is 0 Å². The molecule has 12 rings (SSSR count). The average molecular weight is 829 g/mol. The van der Waals surface area contributed by atoms with Gasteiger partial charge >= 0.3 is 0 Å². The van der Waals surface area contributed by atoms with E-state index in [0.29, 0.717) is 0 Å². The van der Waals surface area contributed by atoms with Gasteiger partial charge in [0.2, 0.25) is 0 Å². The van der Waals surface area contributed by atoms with Crippen molar-refractivity contribution in [2.24, 2.45) is 0 Å². The van der Waals surface area contributed by atoms with Gasteiger partial charge in [-0.3, -0.25) is 0 Å². The molecule has 0 radical (unpaired) electrons. The molecule has 1 aliphatic heterocycles. The lowest BCUT2D eigenvalue weighted by molar-refractivity contribution is 1.09. The van der Waals surface area contributed by atoms with Crippen LogP contribution < -0.4 is 9.80 Å². The van der Waals surface area contributed by atoms with E-state index in [9.17, 15) is 0 Å². The summed E-state index contributed by atoms with van der Waals surface area (Å²) in [6, 6.07) is 93.0. The zero-order valence-electron chi connectivity index (χ0n) is 35.9. The van der Waals surface area contributed by atoms with E-state index in [-0.39, 0.29) is 0 Å². The highest BCUT2D eigenvalue weighted by atomic mass is 15.2. The number of nitrogens with zero attached hydrogens (tertiary/aromatic N) is 2. The Bertz CT molecular complexity index is 3400. The Hall–Kier alpha value is -8.46. The molecule has 0 saturated carbocycles. The summed E-state index contributed by atoms with van der Waals surface area (Å²) in [5.74, 6) is 0. The molecule has 1 heterocycles. The van der Waals surface area contributed by atoms with Crippen molar-refractivity contribution in [2.45, 2.75) is 6.42 Å². The predicted molar refractivity (Wildman–Crippen MR) is 275 cm³/mol. The molecule has 0 atom stereocenters. The molecule has 11 aromatic rings. The predicted octanol–water partition coefficient (Wildman–Crippen LogP) is 17.5. The first-order chi connectivity index (χ1) is 32.2. The highest BCUT2D eigenvalue weighted by molar-refractivity contribution is 5.93. The van der Waals surface area contributed by atoms with Crippen molar-refractivity contribution in [2.75, 3.05) is 9.80 Å². The second-order valence-corrected chi connectivity index (χ2v) is 17.0. The molecular formula is C63H44N2. The maximum atomic E-state index is 2.46. The molecule has 306 valence electrons. The van der Waals surface area contributed by atoms with Gasteiger partial charge in [0.1, 0.15) is 0 Å². The van der Waals surface area contributed by atoms with Crippen molar-refractivity contribution in [3.63, 3.8) is 0 Å². The minimum absolute atomic E-state index is 0.841. The second kappa shape index (κ2) is 16.3. The Balaban J connectivity index is 0.914. The molecule has 2 heteroatoms. The Morgan fingerprint density at radius 3 is 1.12 bits per heavy atom. The molecule has 0 N–H and O–H groups in total. The summed E-state index contributed by atoms with van der Waals surface area (Å²) in [7, 11) is 0. The molecule has 65 heavy (non-hydrogen) atoms. The van der Waals surface area contributed by atoms with E-state index in [0.717, 1.165) is 29.2 Å². The highest BCUT2D eigenvalue weighted by Gasteiger charge is 2.26. The van der Waals surface area contributed by atoms with Crippen LogP contribution in [0.2, 0.25) is 0 Å². The molecule has 0 fully saturated rings. The van der Waals surface area contributed by atoms with Crippen LogP contribution in [0.5, 0.6) is 0 Å². The third kappa shape index (κ3) is 7.31. The van der Waals surface area contributed by atoms with Crippen LogP contribution >= 0.6 is 0 Å². The SMILES string of the molecule is c1ccc(-c2ccc(N(c3ccc(-c4ccccc4)cc3)c3ccc(-c4ccc5c(c4)Cc4cc(-c6ccc7ccccc7c6)ccc4N5c4ccc5ccccc5c4)cc3)cc2)cc1. The number of hydrogen-bond donors (Lipinski definition) is 0. The van der Waals surface area contributed by atoms with Gasteiger partial charge in [-0.05, 0) is 156 Å². The van der Waals surface area contributed by atoms with Gasteiger partial charge in [0.15, 0.2) is 0 Å². The van der Waals surface area contributed by atoms with E-state index < -0.39 is 0 Å². The van der Waals surface area contributed by atoms with Crippen molar-refractivity contribution in [1.29, 1.82) is 0 Å².